The predicted molar refractivity (Wildman–Crippen MR) is 103 cm³/mol. The summed E-state index contributed by atoms with van der Waals surface area (Å²) in [6.45, 7) is 3.51. The molecular weight excluding hydrogens is 354 g/mol. The average Bonchev–Trinajstić information content (AvgIpc) is 2.99. The van der Waals surface area contributed by atoms with Crippen molar-refractivity contribution >= 4 is 26.8 Å². The number of fused-ring (bicyclic) bond motifs is 1. The van der Waals surface area contributed by atoms with Crippen molar-refractivity contribution in [1.29, 1.82) is 0 Å². The Morgan fingerprint density at radius 1 is 1.35 bits per heavy atom. The van der Waals surface area contributed by atoms with Crippen molar-refractivity contribution in [1.82, 2.24) is 14.2 Å². The molecule has 1 atom stereocenters. The van der Waals surface area contributed by atoms with E-state index in [2.05, 4.69) is 4.72 Å². The van der Waals surface area contributed by atoms with Gasteiger partial charge < -0.3 is 14.2 Å². The van der Waals surface area contributed by atoms with Crippen LogP contribution in [0.15, 0.2) is 30.5 Å². The number of hydrogen-bond acceptors (Lipinski definition) is 4. The molecule has 0 saturated heterocycles. The van der Waals surface area contributed by atoms with Gasteiger partial charge in [0, 0.05) is 56.0 Å². The van der Waals surface area contributed by atoms with Crippen LogP contribution in [0.2, 0.25) is 0 Å². The fraction of sp³-hybridized carbons (Fsp3) is 0.500. The Bertz CT molecular complexity index is 860. The molecule has 1 aromatic heterocycles. The number of carbonyl (C=O) groups excluding carboxylic acids is 1. The molecular formula is C18H27N3O4S. The topological polar surface area (TPSA) is 80.6 Å². The van der Waals surface area contributed by atoms with Gasteiger partial charge >= 0.3 is 0 Å². The Hall–Kier alpha value is -1.90. The fourth-order valence-electron chi connectivity index (χ4n) is 2.83. The van der Waals surface area contributed by atoms with E-state index in [1.165, 1.54) is 6.26 Å². The number of carbonyl (C=O) groups is 1. The lowest BCUT2D eigenvalue weighted by atomic mass is 10.1. The third-order valence-corrected chi connectivity index (χ3v) is 5.05. The van der Waals surface area contributed by atoms with Crippen molar-refractivity contribution in [3.8, 4) is 0 Å². The van der Waals surface area contributed by atoms with Gasteiger partial charge in [-0.15, -0.1) is 0 Å². The lowest BCUT2D eigenvalue weighted by Crippen LogP contribution is -2.36. The second kappa shape index (κ2) is 8.66. The number of methoxy groups -OCH3 is 1. The molecule has 0 aliphatic heterocycles. The first-order valence-corrected chi connectivity index (χ1v) is 10.4. The molecule has 0 fully saturated rings. The summed E-state index contributed by atoms with van der Waals surface area (Å²) >= 11 is 0. The van der Waals surface area contributed by atoms with Crippen molar-refractivity contribution < 1.29 is 17.9 Å². The van der Waals surface area contributed by atoms with Gasteiger partial charge in [-0.2, -0.15) is 0 Å². The van der Waals surface area contributed by atoms with Gasteiger partial charge in [0.05, 0.1) is 12.9 Å². The van der Waals surface area contributed by atoms with E-state index in [0.29, 0.717) is 31.7 Å². The Labute approximate surface area is 155 Å². The van der Waals surface area contributed by atoms with Gasteiger partial charge in [0.25, 0.3) is 5.91 Å². The highest BCUT2D eigenvalue weighted by atomic mass is 32.2. The maximum absolute atomic E-state index is 12.5. The Kier molecular flexibility index (Phi) is 6.80. The Morgan fingerprint density at radius 2 is 2.08 bits per heavy atom. The van der Waals surface area contributed by atoms with Gasteiger partial charge in [-0.3, -0.25) is 4.79 Å². The number of rotatable bonds is 9. The first-order valence-electron chi connectivity index (χ1n) is 8.55. The zero-order valence-electron chi connectivity index (χ0n) is 15.7. The minimum Gasteiger partial charge on any atom is -0.383 e. The van der Waals surface area contributed by atoms with Crippen molar-refractivity contribution in [2.75, 3.05) is 33.6 Å². The van der Waals surface area contributed by atoms with Crippen molar-refractivity contribution in [3.05, 3.63) is 36.0 Å². The van der Waals surface area contributed by atoms with E-state index in [4.69, 9.17) is 4.74 Å². The van der Waals surface area contributed by atoms with Crippen LogP contribution >= 0.6 is 0 Å². The minimum absolute atomic E-state index is 0.0538. The van der Waals surface area contributed by atoms with E-state index < -0.39 is 10.0 Å². The van der Waals surface area contributed by atoms with Crippen molar-refractivity contribution in [3.63, 3.8) is 0 Å². The molecule has 0 spiro atoms. The molecule has 0 unspecified atom stereocenters. The molecule has 1 heterocycles. The summed E-state index contributed by atoms with van der Waals surface area (Å²) < 4.78 is 32.6. The molecule has 0 saturated carbocycles. The van der Waals surface area contributed by atoms with Crippen molar-refractivity contribution in [2.24, 2.45) is 0 Å². The van der Waals surface area contributed by atoms with Crippen LogP contribution < -0.4 is 4.72 Å². The second-order valence-corrected chi connectivity index (χ2v) is 8.24. The monoisotopic (exact) mass is 381 g/mol. The van der Waals surface area contributed by atoms with Gasteiger partial charge in [-0.05, 0) is 30.7 Å². The number of ether oxygens (including phenoxy) is 1. The maximum atomic E-state index is 12.5. The first kappa shape index (κ1) is 20.4. The number of nitrogens with zero attached hydrogens (tertiary/aromatic N) is 2. The molecule has 2 rings (SSSR count). The van der Waals surface area contributed by atoms with Crippen LogP contribution in [0.4, 0.5) is 0 Å². The summed E-state index contributed by atoms with van der Waals surface area (Å²) in [6, 6.07) is 7.33. The standard InChI is InChI=1S/C18H27N3O4S/c1-5-16(19-26(4,23)24)13-21-9-8-14-12-15(6-7-17(14)21)18(22)20(2)10-11-25-3/h6-9,12,16,19H,5,10-11,13H2,1-4H3/t16-/m0/s1. The van der Waals surface area contributed by atoms with Crippen LogP contribution in [0.5, 0.6) is 0 Å². The number of benzene rings is 1. The van der Waals surface area contributed by atoms with Crippen LogP contribution in [-0.4, -0.2) is 63.4 Å². The summed E-state index contributed by atoms with van der Waals surface area (Å²) in [5.41, 5.74) is 1.59. The third kappa shape index (κ3) is 5.30. The summed E-state index contributed by atoms with van der Waals surface area (Å²) in [7, 11) is 0.105. The van der Waals surface area contributed by atoms with Gasteiger partial charge in [-0.25, -0.2) is 13.1 Å². The number of likely N-dealkylation sites (N-methyl/N-ethyl adjacent to an activating group) is 1. The summed E-state index contributed by atoms with van der Waals surface area (Å²) in [6.07, 6.45) is 3.77. The number of hydrogen-bond donors (Lipinski definition) is 1. The number of sulfonamides is 1. The molecule has 8 heteroatoms. The summed E-state index contributed by atoms with van der Waals surface area (Å²) in [4.78, 5) is 14.1. The first-order chi connectivity index (χ1) is 12.2. The zero-order chi connectivity index (χ0) is 19.3. The van der Waals surface area contributed by atoms with Gasteiger partial charge in [0.2, 0.25) is 10.0 Å². The third-order valence-electron chi connectivity index (χ3n) is 4.29. The van der Waals surface area contributed by atoms with E-state index >= 15 is 0 Å². The highest BCUT2D eigenvalue weighted by molar-refractivity contribution is 7.88. The van der Waals surface area contributed by atoms with Gasteiger partial charge in [0.15, 0.2) is 0 Å². The van der Waals surface area contributed by atoms with Crippen LogP contribution in [0.1, 0.15) is 23.7 Å². The smallest absolute Gasteiger partial charge is 0.253 e. The normalized spacial score (nSPS) is 13.1. The van der Waals surface area contributed by atoms with Crippen molar-refractivity contribution in [2.45, 2.75) is 25.9 Å². The Balaban J connectivity index is 2.19. The molecule has 7 nitrogen and oxygen atoms in total. The van der Waals surface area contributed by atoms with Gasteiger partial charge in [-0.1, -0.05) is 6.92 Å². The number of nitrogens with one attached hydrogen (secondary N) is 1. The van der Waals surface area contributed by atoms with E-state index in [0.717, 1.165) is 10.9 Å². The lowest BCUT2D eigenvalue weighted by molar-refractivity contribution is 0.0744. The molecule has 1 amide bonds. The van der Waals surface area contributed by atoms with Crippen LogP contribution in [0, 0.1) is 0 Å². The quantitative estimate of drug-likeness (QED) is 0.717. The molecule has 26 heavy (non-hydrogen) atoms. The lowest BCUT2D eigenvalue weighted by Gasteiger charge is -2.18. The molecule has 0 bridgehead atoms. The average molecular weight is 381 g/mol. The fourth-order valence-corrected chi connectivity index (χ4v) is 3.68. The molecule has 1 aromatic carbocycles. The van der Waals surface area contributed by atoms with E-state index in [1.807, 2.05) is 35.9 Å². The number of aromatic nitrogens is 1. The molecule has 144 valence electrons. The maximum Gasteiger partial charge on any atom is 0.253 e. The largest absolute Gasteiger partial charge is 0.383 e. The van der Waals surface area contributed by atoms with Crippen LogP contribution in [0.3, 0.4) is 0 Å². The van der Waals surface area contributed by atoms with E-state index in [1.54, 1.807) is 25.1 Å². The number of amides is 1. The van der Waals surface area contributed by atoms with Gasteiger partial charge in [0.1, 0.15) is 0 Å². The summed E-state index contributed by atoms with van der Waals surface area (Å²) in [5.74, 6) is -0.0538. The zero-order valence-corrected chi connectivity index (χ0v) is 16.5. The van der Waals surface area contributed by atoms with E-state index in [9.17, 15) is 13.2 Å². The highest BCUT2D eigenvalue weighted by Gasteiger charge is 2.15. The molecule has 0 aliphatic carbocycles. The van der Waals surface area contributed by atoms with Crippen LogP contribution in [0.25, 0.3) is 10.9 Å². The molecule has 1 N–H and O–H groups in total. The molecule has 2 aromatic rings. The molecule has 0 radical (unpaired) electrons. The minimum atomic E-state index is -3.25. The Morgan fingerprint density at radius 3 is 2.69 bits per heavy atom. The van der Waals surface area contributed by atoms with E-state index in [-0.39, 0.29) is 11.9 Å². The summed E-state index contributed by atoms with van der Waals surface area (Å²) in [5, 5.41) is 0.949. The SMILES string of the molecule is CC[C@@H](Cn1ccc2cc(C(=O)N(C)CCOC)ccc21)NS(C)(=O)=O. The highest BCUT2D eigenvalue weighted by Crippen LogP contribution is 2.19. The second-order valence-electron chi connectivity index (χ2n) is 6.46. The molecule has 0 aliphatic rings. The van der Waals surface area contributed by atoms with Crippen LogP contribution in [-0.2, 0) is 21.3 Å². The predicted octanol–water partition coefficient (Wildman–Crippen LogP) is 1.69.